The van der Waals surface area contributed by atoms with Gasteiger partial charge in [-0.05, 0) is 43.0 Å². The molecular weight excluding hydrogens is 400 g/mol. The molecule has 7 nitrogen and oxygen atoms in total. The van der Waals surface area contributed by atoms with Crippen LogP contribution in [0.1, 0.15) is 18.1 Å². The summed E-state index contributed by atoms with van der Waals surface area (Å²) in [5.41, 5.74) is 1.32. The molecule has 0 unspecified atom stereocenters. The Balaban J connectivity index is 1.87. The van der Waals surface area contributed by atoms with Crippen LogP contribution in [0.15, 0.2) is 63.3 Å². The maximum Gasteiger partial charge on any atom is 0.339 e. The van der Waals surface area contributed by atoms with Crippen molar-refractivity contribution in [3.8, 4) is 5.75 Å². The SMILES string of the molecule is CC(=O)NC1=NC(=O)/C(=C\c2ccccc2OS(=O)(=O)c2ccc(C)cc2)S1. The average Bonchev–Trinajstić information content (AvgIpc) is 2.95. The molecule has 1 aliphatic heterocycles. The highest BCUT2D eigenvalue weighted by Gasteiger charge is 2.24. The lowest BCUT2D eigenvalue weighted by Gasteiger charge is -2.10. The van der Waals surface area contributed by atoms with Gasteiger partial charge in [0.15, 0.2) is 5.17 Å². The third-order valence-corrected chi connectivity index (χ3v) is 5.77. The number of hydrogen-bond donors (Lipinski definition) is 1. The van der Waals surface area contributed by atoms with Gasteiger partial charge in [-0.3, -0.25) is 9.59 Å². The molecular formula is C19H16N2O5S2. The number of carbonyl (C=O) groups excluding carboxylic acids is 2. The fourth-order valence-corrected chi connectivity index (χ4v) is 4.11. The van der Waals surface area contributed by atoms with Gasteiger partial charge in [0.25, 0.3) is 5.91 Å². The van der Waals surface area contributed by atoms with Crippen molar-refractivity contribution >= 4 is 44.9 Å². The molecule has 2 aromatic rings. The molecule has 0 aliphatic carbocycles. The zero-order chi connectivity index (χ0) is 20.3. The lowest BCUT2D eigenvalue weighted by molar-refractivity contribution is -0.117. The molecule has 0 aromatic heterocycles. The van der Waals surface area contributed by atoms with E-state index in [0.29, 0.717) is 5.56 Å². The van der Waals surface area contributed by atoms with Crippen LogP contribution in [0.4, 0.5) is 0 Å². The van der Waals surface area contributed by atoms with Crippen molar-refractivity contribution in [3.05, 3.63) is 64.6 Å². The van der Waals surface area contributed by atoms with Crippen molar-refractivity contribution in [2.24, 2.45) is 4.99 Å². The van der Waals surface area contributed by atoms with Crippen LogP contribution in [-0.2, 0) is 19.7 Å². The summed E-state index contributed by atoms with van der Waals surface area (Å²) < 4.78 is 30.4. The first-order chi connectivity index (χ1) is 13.2. The number of benzene rings is 2. The highest BCUT2D eigenvalue weighted by Crippen LogP contribution is 2.31. The van der Waals surface area contributed by atoms with E-state index >= 15 is 0 Å². The Morgan fingerprint density at radius 3 is 2.50 bits per heavy atom. The maximum absolute atomic E-state index is 12.6. The quantitative estimate of drug-likeness (QED) is 0.607. The number of aliphatic imine (C=N–C) groups is 1. The van der Waals surface area contributed by atoms with E-state index in [1.54, 1.807) is 30.3 Å². The molecule has 0 fully saturated rings. The van der Waals surface area contributed by atoms with Crippen LogP contribution in [0.5, 0.6) is 5.75 Å². The Kier molecular flexibility index (Phi) is 5.66. The van der Waals surface area contributed by atoms with Crippen molar-refractivity contribution in [2.45, 2.75) is 18.7 Å². The van der Waals surface area contributed by atoms with Crippen molar-refractivity contribution in [3.63, 3.8) is 0 Å². The lowest BCUT2D eigenvalue weighted by atomic mass is 10.2. The Morgan fingerprint density at radius 2 is 1.82 bits per heavy atom. The first-order valence-electron chi connectivity index (χ1n) is 8.15. The largest absolute Gasteiger partial charge is 0.378 e. The molecule has 0 atom stereocenters. The van der Waals surface area contributed by atoms with Gasteiger partial charge in [-0.1, -0.05) is 35.9 Å². The molecule has 9 heteroatoms. The lowest BCUT2D eigenvalue weighted by Crippen LogP contribution is -2.23. The van der Waals surface area contributed by atoms with Gasteiger partial charge in [0.1, 0.15) is 10.6 Å². The van der Waals surface area contributed by atoms with Crippen molar-refractivity contribution in [1.82, 2.24) is 5.32 Å². The standard InChI is InChI=1S/C19H16N2O5S2/c1-12-7-9-15(10-8-12)28(24,25)26-16-6-4-3-5-14(16)11-17-18(23)21-19(27-17)20-13(2)22/h3-11H,1-2H3,(H,20,21,22,23)/b17-11+. The van der Waals surface area contributed by atoms with E-state index in [-0.39, 0.29) is 26.6 Å². The fraction of sp³-hybridized carbons (Fsp3) is 0.105. The summed E-state index contributed by atoms with van der Waals surface area (Å²) in [6.45, 7) is 3.17. The normalized spacial score (nSPS) is 15.4. The third-order valence-electron chi connectivity index (χ3n) is 3.62. The number of para-hydroxylation sites is 1. The van der Waals surface area contributed by atoms with Crippen molar-refractivity contribution in [1.29, 1.82) is 0 Å². The zero-order valence-corrected chi connectivity index (χ0v) is 16.6. The summed E-state index contributed by atoms with van der Waals surface area (Å²) in [6, 6.07) is 12.7. The molecule has 0 saturated carbocycles. The predicted octanol–water partition coefficient (Wildman–Crippen LogP) is 2.87. The molecule has 1 aliphatic rings. The fourth-order valence-electron chi connectivity index (χ4n) is 2.30. The van der Waals surface area contributed by atoms with E-state index in [0.717, 1.165) is 17.3 Å². The maximum atomic E-state index is 12.6. The minimum atomic E-state index is -4.03. The molecule has 0 radical (unpaired) electrons. The highest BCUT2D eigenvalue weighted by molar-refractivity contribution is 8.18. The number of carbonyl (C=O) groups is 2. The molecule has 2 aromatic carbocycles. The summed E-state index contributed by atoms with van der Waals surface area (Å²) in [7, 11) is -4.03. The van der Waals surface area contributed by atoms with E-state index in [9.17, 15) is 18.0 Å². The number of aryl methyl sites for hydroxylation is 1. The number of rotatable bonds is 4. The van der Waals surface area contributed by atoms with Gasteiger partial charge in [-0.25, -0.2) is 0 Å². The van der Waals surface area contributed by atoms with Gasteiger partial charge in [-0.15, -0.1) is 0 Å². The second-order valence-corrected chi connectivity index (χ2v) is 8.48. The number of amides is 2. The van der Waals surface area contributed by atoms with Crippen molar-refractivity contribution in [2.75, 3.05) is 0 Å². The molecule has 1 heterocycles. The molecule has 144 valence electrons. The highest BCUT2D eigenvalue weighted by atomic mass is 32.2. The molecule has 1 N–H and O–H groups in total. The summed E-state index contributed by atoms with van der Waals surface area (Å²) in [5.74, 6) is -0.782. The van der Waals surface area contributed by atoms with E-state index in [1.165, 1.54) is 31.2 Å². The van der Waals surface area contributed by atoms with Gasteiger partial charge in [0, 0.05) is 12.5 Å². The predicted molar refractivity (Wildman–Crippen MR) is 107 cm³/mol. The van der Waals surface area contributed by atoms with E-state index in [2.05, 4.69) is 10.3 Å². The third kappa shape index (κ3) is 4.68. The topological polar surface area (TPSA) is 102 Å². The average molecular weight is 416 g/mol. The van der Waals surface area contributed by atoms with Crippen LogP contribution in [0.25, 0.3) is 6.08 Å². The molecule has 0 bridgehead atoms. The summed E-state index contributed by atoms with van der Waals surface area (Å²) in [6.07, 6.45) is 1.48. The van der Waals surface area contributed by atoms with Crippen LogP contribution >= 0.6 is 11.8 Å². The number of hydrogen-bond acceptors (Lipinski definition) is 6. The van der Waals surface area contributed by atoms with Crippen molar-refractivity contribution < 1.29 is 22.2 Å². The van der Waals surface area contributed by atoms with Crippen LogP contribution in [0, 0.1) is 6.92 Å². The van der Waals surface area contributed by atoms with Crippen LogP contribution in [0.3, 0.4) is 0 Å². The smallest absolute Gasteiger partial charge is 0.339 e. The number of amidine groups is 1. The monoisotopic (exact) mass is 416 g/mol. The van der Waals surface area contributed by atoms with Gasteiger partial charge in [0.05, 0.1) is 4.91 Å². The minimum absolute atomic E-state index is 0.0307. The molecule has 2 amide bonds. The minimum Gasteiger partial charge on any atom is -0.378 e. The second kappa shape index (κ2) is 7.99. The van der Waals surface area contributed by atoms with Gasteiger partial charge >= 0.3 is 10.1 Å². The Labute approximate surface area is 166 Å². The number of nitrogens with zero attached hydrogens (tertiary/aromatic N) is 1. The second-order valence-electron chi connectivity index (χ2n) is 5.90. The van der Waals surface area contributed by atoms with E-state index in [1.807, 2.05) is 6.92 Å². The first-order valence-corrected chi connectivity index (χ1v) is 10.4. The summed E-state index contributed by atoms with van der Waals surface area (Å²) in [5, 5.41) is 2.63. The van der Waals surface area contributed by atoms with Crippen LogP contribution in [0.2, 0.25) is 0 Å². The summed E-state index contributed by atoms with van der Waals surface area (Å²) in [4.78, 5) is 27.2. The Morgan fingerprint density at radius 1 is 1.14 bits per heavy atom. The first kappa shape index (κ1) is 19.8. The Hall–Kier alpha value is -2.91. The molecule has 28 heavy (non-hydrogen) atoms. The Bertz CT molecular complexity index is 1100. The number of thioether (sulfide) groups is 1. The van der Waals surface area contributed by atoms with Crippen LogP contribution < -0.4 is 9.50 Å². The van der Waals surface area contributed by atoms with Gasteiger partial charge in [-0.2, -0.15) is 13.4 Å². The molecule has 0 spiro atoms. The molecule has 0 saturated heterocycles. The molecule has 3 rings (SSSR count). The van der Waals surface area contributed by atoms with Gasteiger partial charge in [0.2, 0.25) is 5.91 Å². The zero-order valence-electron chi connectivity index (χ0n) is 15.0. The number of nitrogens with one attached hydrogen (secondary N) is 1. The van der Waals surface area contributed by atoms with E-state index in [4.69, 9.17) is 4.18 Å². The van der Waals surface area contributed by atoms with E-state index < -0.39 is 16.0 Å². The van der Waals surface area contributed by atoms with Crippen LogP contribution in [-0.4, -0.2) is 25.4 Å². The summed E-state index contributed by atoms with van der Waals surface area (Å²) >= 11 is 0.991. The van der Waals surface area contributed by atoms with Gasteiger partial charge < -0.3 is 9.50 Å².